The second kappa shape index (κ2) is 8.64. The summed E-state index contributed by atoms with van der Waals surface area (Å²) in [5.74, 6) is 0.415. The average molecular weight is 494 g/mol. The molecule has 0 aliphatic carbocycles. The number of fused-ring (bicyclic) bond motifs is 2. The second-order valence-corrected chi connectivity index (χ2v) is 10.8. The van der Waals surface area contributed by atoms with Crippen molar-refractivity contribution in [3.63, 3.8) is 0 Å². The third-order valence-corrected chi connectivity index (χ3v) is 7.18. The molecule has 0 unspecified atom stereocenters. The molecular weight excluding hydrogens is 470 g/mol. The normalized spacial score (nSPS) is 15.7. The number of halogens is 1. The number of carbonyl (C=O) groups excluding carboxylic acids is 1. The zero-order valence-corrected chi connectivity index (χ0v) is 20.9. The third kappa shape index (κ3) is 3.83. The molecular formula is C26H24ClN3O3S. The lowest BCUT2D eigenvalue weighted by Crippen LogP contribution is -2.29. The zero-order valence-electron chi connectivity index (χ0n) is 19.3. The van der Waals surface area contributed by atoms with Gasteiger partial charge in [0.25, 0.3) is 5.91 Å². The van der Waals surface area contributed by atoms with Crippen LogP contribution in [0.2, 0.25) is 5.02 Å². The predicted molar refractivity (Wildman–Crippen MR) is 135 cm³/mol. The van der Waals surface area contributed by atoms with Gasteiger partial charge < -0.3 is 4.42 Å². The summed E-state index contributed by atoms with van der Waals surface area (Å²) in [5.41, 5.74) is 2.35. The summed E-state index contributed by atoms with van der Waals surface area (Å²) in [5, 5.41) is 10.7. The Morgan fingerprint density at radius 3 is 2.47 bits per heavy atom. The van der Waals surface area contributed by atoms with Crippen LogP contribution in [0.1, 0.15) is 71.9 Å². The Balaban J connectivity index is 1.72. The molecule has 0 radical (unpaired) electrons. The van der Waals surface area contributed by atoms with Gasteiger partial charge in [-0.05, 0) is 41.2 Å². The van der Waals surface area contributed by atoms with Crippen molar-refractivity contribution < 1.29 is 9.21 Å². The summed E-state index contributed by atoms with van der Waals surface area (Å²) in [6.07, 6.45) is 0.764. The lowest BCUT2D eigenvalue weighted by Gasteiger charge is -2.22. The topological polar surface area (TPSA) is 76.3 Å². The van der Waals surface area contributed by atoms with Crippen LogP contribution in [0, 0.1) is 5.92 Å². The first-order chi connectivity index (χ1) is 16.2. The number of hydrogen-bond donors (Lipinski definition) is 0. The van der Waals surface area contributed by atoms with E-state index < -0.39 is 11.9 Å². The van der Waals surface area contributed by atoms with Crippen LogP contribution in [0.5, 0.6) is 0 Å². The highest BCUT2D eigenvalue weighted by atomic mass is 35.5. The van der Waals surface area contributed by atoms with E-state index in [9.17, 15) is 9.59 Å². The number of rotatable bonds is 5. The summed E-state index contributed by atoms with van der Waals surface area (Å²) in [7, 11) is 0. The number of amides is 1. The van der Waals surface area contributed by atoms with Gasteiger partial charge in [0, 0.05) is 11.4 Å². The van der Waals surface area contributed by atoms with E-state index in [1.165, 1.54) is 16.9 Å². The highest BCUT2D eigenvalue weighted by Crippen LogP contribution is 2.42. The maximum atomic E-state index is 13.7. The van der Waals surface area contributed by atoms with Gasteiger partial charge in [0.15, 0.2) is 5.43 Å². The summed E-state index contributed by atoms with van der Waals surface area (Å²) in [4.78, 5) is 28.9. The van der Waals surface area contributed by atoms with Crippen molar-refractivity contribution in [3.05, 3.63) is 85.2 Å². The van der Waals surface area contributed by atoms with Crippen LogP contribution < -0.4 is 10.3 Å². The third-order valence-electron chi connectivity index (χ3n) is 6.00. The number of anilines is 1. The van der Waals surface area contributed by atoms with Gasteiger partial charge >= 0.3 is 0 Å². The van der Waals surface area contributed by atoms with E-state index >= 15 is 0 Å². The molecule has 1 atom stereocenters. The van der Waals surface area contributed by atoms with E-state index in [0.717, 1.165) is 17.0 Å². The maximum Gasteiger partial charge on any atom is 0.297 e. The molecule has 0 spiro atoms. The van der Waals surface area contributed by atoms with Gasteiger partial charge in [-0.15, -0.1) is 10.2 Å². The van der Waals surface area contributed by atoms with Crippen molar-refractivity contribution in [2.45, 2.75) is 46.1 Å². The van der Waals surface area contributed by atoms with E-state index in [4.69, 9.17) is 16.0 Å². The number of hydrogen-bond acceptors (Lipinski definition) is 6. The van der Waals surface area contributed by atoms with Gasteiger partial charge in [-0.2, -0.15) is 0 Å². The minimum absolute atomic E-state index is 0.0402. The first-order valence-corrected chi connectivity index (χ1v) is 12.5. The average Bonchev–Trinajstić information content (AvgIpc) is 3.36. The van der Waals surface area contributed by atoms with Crippen LogP contribution in [0.4, 0.5) is 5.13 Å². The summed E-state index contributed by atoms with van der Waals surface area (Å²) in [6, 6.07) is 12.2. The minimum Gasteiger partial charge on any atom is -0.450 e. The van der Waals surface area contributed by atoms with E-state index in [0.29, 0.717) is 38.5 Å². The first kappa shape index (κ1) is 22.7. The highest BCUT2D eigenvalue weighted by Gasteiger charge is 2.45. The van der Waals surface area contributed by atoms with Crippen molar-refractivity contribution in [2.75, 3.05) is 4.90 Å². The molecule has 8 heteroatoms. The van der Waals surface area contributed by atoms with Gasteiger partial charge in [-0.25, -0.2) is 0 Å². The largest absolute Gasteiger partial charge is 0.450 e. The van der Waals surface area contributed by atoms with Gasteiger partial charge in [-0.3, -0.25) is 14.5 Å². The Labute approximate surface area is 206 Å². The van der Waals surface area contributed by atoms with E-state index in [-0.39, 0.29) is 11.2 Å². The molecule has 0 fully saturated rings. The van der Waals surface area contributed by atoms with Crippen molar-refractivity contribution in [2.24, 2.45) is 5.92 Å². The van der Waals surface area contributed by atoms with E-state index in [1.54, 1.807) is 23.1 Å². The molecule has 0 bridgehead atoms. The fraction of sp³-hybridized carbons (Fsp3) is 0.308. The molecule has 2 aromatic carbocycles. The molecule has 1 aliphatic rings. The van der Waals surface area contributed by atoms with Gasteiger partial charge in [-0.1, -0.05) is 74.9 Å². The van der Waals surface area contributed by atoms with E-state index in [1.807, 2.05) is 24.3 Å². The zero-order chi connectivity index (χ0) is 24.1. The Hall–Kier alpha value is -3.03. The molecule has 174 valence electrons. The number of nitrogens with zero attached hydrogens (tertiary/aromatic N) is 3. The maximum absolute atomic E-state index is 13.7. The minimum atomic E-state index is -0.664. The van der Waals surface area contributed by atoms with Crippen LogP contribution >= 0.6 is 22.9 Å². The number of benzene rings is 2. The van der Waals surface area contributed by atoms with Crippen LogP contribution in [-0.4, -0.2) is 16.1 Å². The van der Waals surface area contributed by atoms with Crippen molar-refractivity contribution in [3.8, 4) is 0 Å². The van der Waals surface area contributed by atoms with Crippen LogP contribution in [-0.2, 0) is 6.42 Å². The first-order valence-electron chi connectivity index (χ1n) is 11.3. The smallest absolute Gasteiger partial charge is 0.297 e. The molecule has 0 N–H and O–H groups in total. The molecule has 1 amide bonds. The lowest BCUT2D eigenvalue weighted by atomic mass is 9.95. The van der Waals surface area contributed by atoms with E-state index in [2.05, 4.69) is 37.9 Å². The lowest BCUT2D eigenvalue weighted by molar-refractivity contribution is 0.0970. The Kier molecular flexibility index (Phi) is 5.78. The van der Waals surface area contributed by atoms with Gasteiger partial charge in [0.05, 0.1) is 17.0 Å². The quantitative estimate of drug-likeness (QED) is 0.323. The Morgan fingerprint density at radius 1 is 1.06 bits per heavy atom. The van der Waals surface area contributed by atoms with Crippen LogP contribution in [0.25, 0.3) is 11.0 Å². The molecule has 1 aliphatic heterocycles. The predicted octanol–water partition coefficient (Wildman–Crippen LogP) is 6.37. The fourth-order valence-electron chi connectivity index (χ4n) is 4.29. The standard InChI is InChI=1S/C26H24ClN3O3S/c1-13(2)11-20-28-29-26(34-20)30-22(16-7-5-15(6-8-16)14(3)4)21-23(31)18-12-17(27)9-10-19(18)33-24(21)25(30)32/h5-10,12-14,22H,11H2,1-4H3/t22-/m1/s1. The van der Waals surface area contributed by atoms with Crippen molar-refractivity contribution in [1.82, 2.24) is 10.2 Å². The second-order valence-electron chi connectivity index (χ2n) is 9.29. The summed E-state index contributed by atoms with van der Waals surface area (Å²) in [6.45, 7) is 8.46. The highest BCUT2D eigenvalue weighted by molar-refractivity contribution is 7.15. The summed E-state index contributed by atoms with van der Waals surface area (Å²) < 4.78 is 6.00. The monoisotopic (exact) mass is 493 g/mol. The van der Waals surface area contributed by atoms with Crippen molar-refractivity contribution >= 4 is 44.9 Å². The molecule has 3 heterocycles. The molecule has 5 rings (SSSR count). The number of aromatic nitrogens is 2. The van der Waals surface area contributed by atoms with Gasteiger partial charge in [0.1, 0.15) is 10.6 Å². The fourth-order valence-corrected chi connectivity index (χ4v) is 5.54. The van der Waals surface area contributed by atoms with Crippen LogP contribution in [0.15, 0.2) is 51.7 Å². The molecule has 4 aromatic rings. The summed E-state index contributed by atoms with van der Waals surface area (Å²) >= 11 is 7.53. The Morgan fingerprint density at radius 2 is 1.79 bits per heavy atom. The SMILES string of the molecule is CC(C)Cc1nnc(N2C(=O)c3oc4ccc(Cl)cc4c(=O)c3[C@H]2c2ccc(C(C)C)cc2)s1. The van der Waals surface area contributed by atoms with Gasteiger partial charge in [0.2, 0.25) is 10.9 Å². The van der Waals surface area contributed by atoms with Crippen molar-refractivity contribution in [1.29, 1.82) is 0 Å². The molecule has 6 nitrogen and oxygen atoms in total. The molecule has 0 saturated heterocycles. The van der Waals surface area contributed by atoms with Crippen LogP contribution in [0.3, 0.4) is 0 Å². The molecule has 0 saturated carbocycles. The number of carbonyl (C=O) groups is 1. The molecule has 34 heavy (non-hydrogen) atoms. The molecule has 2 aromatic heterocycles. The Bertz CT molecular complexity index is 1460.